The molecule has 4 heterocycles. The van der Waals surface area contributed by atoms with Crippen LogP contribution in [-0.2, 0) is 56.2 Å². The molecule has 0 saturated heterocycles. The van der Waals surface area contributed by atoms with E-state index in [9.17, 15) is 40.3 Å². The van der Waals surface area contributed by atoms with Crippen molar-refractivity contribution >= 4 is 60.9 Å². The van der Waals surface area contributed by atoms with E-state index in [1.807, 2.05) is 0 Å². The van der Waals surface area contributed by atoms with E-state index >= 15 is 0 Å². The molecule has 0 spiro atoms. The number of carbonyl (C=O) groups is 3. The highest BCUT2D eigenvalue weighted by Crippen LogP contribution is 2.49. The lowest BCUT2D eigenvalue weighted by molar-refractivity contribution is -0.850. The molecule has 4 aliphatic rings. The number of amides is 3. The van der Waals surface area contributed by atoms with Crippen LogP contribution in [0.4, 0.5) is 27.5 Å². The lowest BCUT2D eigenvalue weighted by atomic mass is 9.80. The van der Waals surface area contributed by atoms with Crippen molar-refractivity contribution in [3.05, 3.63) is 155 Å². The molecule has 8 rings (SSSR count). The number of hydrogen-bond donors (Lipinski definition) is 6. The average Bonchev–Trinajstić information content (AvgIpc) is 1.68. The van der Waals surface area contributed by atoms with E-state index in [-0.39, 0.29) is 50.9 Å². The summed E-state index contributed by atoms with van der Waals surface area (Å²) in [4.78, 5) is 42.4. The van der Waals surface area contributed by atoms with E-state index in [0.29, 0.717) is 12.8 Å². The molecular weight excluding hydrogens is 1160 g/mol. The zero-order valence-corrected chi connectivity index (χ0v) is 56.1. The summed E-state index contributed by atoms with van der Waals surface area (Å²) in [5.74, 6) is 4.74. The van der Waals surface area contributed by atoms with Gasteiger partial charge in [0, 0.05) is 82.8 Å². The molecule has 484 valence electrons. The quantitative estimate of drug-likeness (QED) is 0.0141. The number of hydrazine groups is 2. The molecule has 0 aromatic heterocycles. The maximum atomic E-state index is 12.3. The Labute approximate surface area is 529 Å². The number of fused-ring (bicyclic) bond motifs is 4. The first-order valence-electron chi connectivity index (χ1n) is 31.4. The first kappa shape index (κ1) is 69.8. The van der Waals surface area contributed by atoms with Gasteiger partial charge >= 0.3 is 6.09 Å². The second kappa shape index (κ2) is 28.3. The number of hydrogen-bond acceptors (Lipinski definition) is 13. The van der Waals surface area contributed by atoms with Gasteiger partial charge in [-0.25, -0.2) is 32.9 Å². The molecule has 4 unspecified atom stereocenters. The summed E-state index contributed by atoms with van der Waals surface area (Å²) in [6.07, 6.45) is 19.9. The molecule has 0 fully saturated rings. The second-order valence-corrected chi connectivity index (χ2v) is 29.9. The standard InChI is InChI=1S/C37H52N4O6S.C32H44N4O4S/c1-9-23-40-29-17-13-12-16-27(29)36(5,6)31(40)18-15-19-32-37(7,8)28-25-26(48(44,45)46)21-22-30(28)41(32)24-14-10-11-20-33(42)38-39-34(43)47-35(2,3)4;1-6-20-35-26-14-10-9-13-24(26)31(2,3)28(35)15-12-16-29-32(4,5)25-22-23(41(38,39)40)18-19-27(25)36(29)21-11-7-8-17-30(37)34-33/h12-13,15-19,21-22,25,32H,9-11,14,20,23-24H2,1-8H3,(H,38,42)(H,39,43)(H,44,45,46);9-10,12-16,18-19,22,29H,6-8,11,17,20-21,33H2,1-5H3,(H,34,37)(H,38,39,40)/b19-15+,31-18+;16-12+,28-15+. The molecule has 3 amide bonds. The first-order chi connectivity index (χ1) is 41.7. The first-order valence-corrected chi connectivity index (χ1v) is 34.3. The topological polar surface area (TPSA) is 252 Å². The van der Waals surface area contributed by atoms with Crippen molar-refractivity contribution in [3.8, 4) is 0 Å². The van der Waals surface area contributed by atoms with Crippen LogP contribution in [0, 0.1) is 0 Å². The number of unbranched alkanes of at least 4 members (excludes halogenated alkanes) is 4. The van der Waals surface area contributed by atoms with Gasteiger partial charge in [-0.1, -0.05) is 90.1 Å². The lowest BCUT2D eigenvalue weighted by Gasteiger charge is -2.28. The number of nitrogens with one attached hydrogen (secondary N) is 5. The fourth-order valence-corrected chi connectivity index (χ4v) is 14.7. The molecule has 4 aromatic rings. The molecule has 4 atom stereocenters. The van der Waals surface area contributed by atoms with Crippen LogP contribution in [0.2, 0.25) is 0 Å². The number of rotatable bonds is 22. The summed E-state index contributed by atoms with van der Waals surface area (Å²) in [5.41, 5.74) is 16.4. The number of nitrogens with zero attached hydrogens (tertiary/aromatic N) is 2. The fourth-order valence-electron chi connectivity index (χ4n) is 13.7. The smallest absolute Gasteiger partial charge is 0.426 e. The molecule has 4 aromatic carbocycles. The predicted molar refractivity (Wildman–Crippen MR) is 349 cm³/mol. The number of para-hydroxylation sites is 2. The number of nitrogens with two attached hydrogens (primary N) is 1. The molecule has 89 heavy (non-hydrogen) atoms. The van der Waals surface area contributed by atoms with Gasteiger partial charge < -0.3 is 23.6 Å². The summed E-state index contributed by atoms with van der Waals surface area (Å²) in [6.45, 7) is 30.5. The van der Waals surface area contributed by atoms with Crippen LogP contribution in [0.15, 0.2) is 143 Å². The van der Waals surface area contributed by atoms with Gasteiger partial charge in [-0.15, -0.1) is 0 Å². The van der Waals surface area contributed by atoms with E-state index in [4.69, 9.17) is 10.6 Å². The van der Waals surface area contributed by atoms with Crippen LogP contribution in [0.25, 0.3) is 0 Å². The highest BCUT2D eigenvalue weighted by atomic mass is 32.2. The third-order valence-corrected chi connectivity index (χ3v) is 19.8. The average molecular weight is 1260 g/mol. The van der Waals surface area contributed by atoms with Gasteiger partial charge in [0.2, 0.25) is 11.8 Å². The maximum Gasteiger partial charge on any atom is 0.426 e. The van der Waals surface area contributed by atoms with Crippen molar-refractivity contribution in [2.24, 2.45) is 5.84 Å². The Balaban J connectivity index is 0.000000257. The molecule has 0 saturated carbocycles. The third-order valence-electron chi connectivity index (χ3n) is 18.1. The third kappa shape index (κ3) is 15.9. The Morgan fingerprint density at radius 3 is 1.37 bits per heavy atom. The molecule has 4 aliphatic heterocycles. The van der Waals surface area contributed by atoms with E-state index in [2.05, 4.69) is 180 Å². The number of quaternary nitrogens is 2. The number of anilines is 2. The van der Waals surface area contributed by atoms with Gasteiger partial charge in [0.1, 0.15) is 49.3 Å². The zero-order valence-electron chi connectivity index (χ0n) is 54.5. The minimum absolute atomic E-state index is 0.0258. The van der Waals surface area contributed by atoms with Crippen molar-refractivity contribution in [2.75, 3.05) is 36.0 Å². The fraction of sp³-hybridized carbons (Fsp3) is 0.493. The van der Waals surface area contributed by atoms with Gasteiger partial charge in [-0.3, -0.25) is 30.2 Å². The van der Waals surface area contributed by atoms with Crippen molar-refractivity contribution in [3.63, 3.8) is 0 Å². The van der Waals surface area contributed by atoms with Gasteiger partial charge in [0.05, 0.1) is 33.7 Å². The molecule has 0 radical (unpaired) electrons. The van der Waals surface area contributed by atoms with Crippen LogP contribution in [0.5, 0.6) is 0 Å². The number of ether oxygens (including phenoxy) is 1. The Kier molecular flexibility index (Phi) is 22.2. The molecule has 7 N–H and O–H groups in total. The van der Waals surface area contributed by atoms with E-state index in [1.54, 1.807) is 45.0 Å². The Hall–Kier alpha value is -6.65. The van der Waals surface area contributed by atoms with Crippen molar-refractivity contribution in [1.29, 1.82) is 0 Å². The highest BCUT2D eigenvalue weighted by molar-refractivity contribution is 7.86. The summed E-state index contributed by atoms with van der Waals surface area (Å²) in [6, 6.07) is 26.7. The van der Waals surface area contributed by atoms with Gasteiger partial charge in [-0.05, 0) is 172 Å². The number of allylic oxidation sites excluding steroid dienone is 6. The Morgan fingerprint density at radius 2 is 0.989 bits per heavy atom. The lowest BCUT2D eigenvalue weighted by Crippen LogP contribution is -3.10. The normalized spacial score (nSPS) is 21.1. The summed E-state index contributed by atoms with van der Waals surface area (Å²) in [5, 5.41) is 0. The van der Waals surface area contributed by atoms with Crippen LogP contribution in [0.3, 0.4) is 0 Å². The summed E-state index contributed by atoms with van der Waals surface area (Å²) in [7, 11) is -9.17. The summed E-state index contributed by atoms with van der Waals surface area (Å²) < 4.78 is 76.6. The van der Waals surface area contributed by atoms with Crippen LogP contribution in [-0.4, -0.2) is 87.7 Å². The minimum Gasteiger partial charge on any atom is -0.744 e. The molecule has 20 heteroatoms. The van der Waals surface area contributed by atoms with Crippen LogP contribution in [0.1, 0.15) is 176 Å². The van der Waals surface area contributed by atoms with E-state index in [1.165, 1.54) is 55.8 Å². The summed E-state index contributed by atoms with van der Waals surface area (Å²) >= 11 is 0. The zero-order chi connectivity index (χ0) is 65.5. The van der Waals surface area contributed by atoms with Crippen LogP contribution < -0.4 is 41.7 Å². The highest BCUT2D eigenvalue weighted by Gasteiger charge is 2.50. The maximum absolute atomic E-state index is 12.3. The predicted octanol–water partition coefficient (Wildman–Crippen LogP) is 9.50. The Morgan fingerprint density at radius 1 is 0.584 bits per heavy atom. The number of benzene rings is 4. The van der Waals surface area contributed by atoms with Crippen molar-refractivity contribution in [2.45, 2.75) is 203 Å². The van der Waals surface area contributed by atoms with Gasteiger partial charge in [-0.2, -0.15) is 0 Å². The second-order valence-electron chi connectivity index (χ2n) is 27.1. The molecule has 18 nitrogen and oxygen atoms in total. The van der Waals surface area contributed by atoms with Crippen molar-refractivity contribution in [1.82, 2.24) is 16.3 Å². The van der Waals surface area contributed by atoms with Crippen LogP contribution >= 0.6 is 0 Å². The van der Waals surface area contributed by atoms with Gasteiger partial charge in [0.15, 0.2) is 0 Å². The minimum atomic E-state index is -4.60. The SMILES string of the molecule is CCCN1/C(=C/C=C/C2[NH+](CCCCCC(=O)NN)c3ccc(S(=O)(=O)[O-])cc3C2(C)C)C(C)(C)c2ccccc21.CCCN1/C(=C/C=C/C2[NH+](CCCCCC(=O)NNC(=O)OC(C)(C)C)c3ccc(S(=O)(=O)[O-])cc3C2(C)C)C(C)(C)c2ccccc21. The largest absolute Gasteiger partial charge is 0.744 e. The van der Waals surface area contributed by atoms with Gasteiger partial charge in [0.25, 0.3) is 0 Å². The number of carbonyl (C=O) groups excluding carboxylic acids is 3. The van der Waals surface area contributed by atoms with E-state index < -0.39 is 42.8 Å². The van der Waals surface area contributed by atoms with Crippen molar-refractivity contribution < 1.29 is 54.9 Å². The van der Waals surface area contributed by atoms with E-state index in [0.717, 1.165) is 93.6 Å². The monoisotopic (exact) mass is 1260 g/mol. The molecule has 0 aliphatic carbocycles. The molecular formula is C69H96N8O10S2. The molecule has 0 bridgehead atoms. The Bertz CT molecular complexity index is 3580.